The molecule has 1 amide bonds. The molecule has 1 aliphatic heterocycles. The highest BCUT2D eigenvalue weighted by Gasteiger charge is 2.20. The molecule has 0 saturated carbocycles. The second-order valence-electron chi connectivity index (χ2n) is 5.43. The average molecular weight is 341 g/mol. The monoisotopic (exact) mass is 341 g/mol. The average Bonchev–Trinajstić information content (AvgIpc) is 3.28. The first-order valence-electron chi connectivity index (χ1n) is 7.69. The third-order valence-corrected chi connectivity index (χ3v) is 3.64. The van der Waals surface area contributed by atoms with Gasteiger partial charge >= 0.3 is 0 Å². The lowest BCUT2D eigenvalue weighted by Gasteiger charge is -2.20. The molecule has 0 fully saturated rings. The number of carbonyl (C=O) groups is 1. The molecule has 0 bridgehead atoms. The van der Waals surface area contributed by atoms with Gasteiger partial charge in [-0.3, -0.25) is 9.48 Å². The number of nitrogens with zero attached hydrogens (tertiary/aromatic N) is 4. The molecule has 0 atom stereocenters. The van der Waals surface area contributed by atoms with Crippen LogP contribution in [0.5, 0.6) is 11.5 Å². The number of ether oxygens (including phenoxy) is 2. The summed E-state index contributed by atoms with van der Waals surface area (Å²) in [6, 6.07) is 5.19. The molecular weight excluding hydrogens is 326 g/mol. The summed E-state index contributed by atoms with van der Waals surface area (Å²) in [6.07, 6.45) is 3.42. The Morgan fingerprint density at radius 1 is 1.32 bits per heavy atom. The molecular formula is C16H15N5O4. The summed E-state index contributed by atoms with van der Waals surface area (Å²) >= 11 is 0. The third-order valence-electron chi connectivity index (χ3n) is 3.64. The molecule has 128 valence electrons. The minimum Gasteiger partial charge on any atom is -0.486 e. The normalized spacial score (nSPS) is 12.8. The first-order chi connectivity index (χ1) is 12.2. The lowest BCUT2D eigenvalue weighted by Crippen LogP contribution is -2.25. The molecule has 1 N–H and O–H groups in total. The molecule has 25 heavy (non-hydrogen) atoms. The Kier molecular flexibility index (Phi) is 3.81. The molecule has 0 unspecified atom stereocenters. The molecule has 0 saturated heterocycles. The van der Waals surface area contributed by atoms with Crippen molar-refractivity contribution in [2.24, 2.45) is 7.05 Å². The Bertz CT molecular complexity index is 917. The van der Waals surface area contributed by atoms with Crippen LogP contribution in [-0.2, 0) is 13.6 Å². The Balaban J connectivity index is 1.45. The van der Waals surface area contributed by atoms with Gasteiger partial charge < -0.3 is 19.3 Å². The van der Waals surface area contributed by atoms with Crippen molar-refractivity contribution in [3.63, 3.8) is 0 Å². The van der Waals surface area contributed by atoms with E-state index < -0.39 is 0 Å². The maximum Gasteiger partial charge on any atom is 0.255 e. The van der Waals surface area contributed by atoms with Gasteiger partial charge in [0, 0.05) is 13.2 Å². The second-order valence-corrected chi connectivity index (χ2v) is 5.43. The predicted octanol–water partition coefficient (Wildman–Crippen LogP) is 1.17. The van der Waals surface area contributed by atoms with E-state index in [2.05, 4.69) is 20.6 Å². The fraction of sp³-hybridized carbons (Fsp3) is 0.250. The zero-order valence-electron chi connectivity index (χ0n) is 13.4. The van der Waals surface area contributed by atoms with E-state index in [1.165, 1.54) is 0 Å². The third kappa shape index (κ3) is 3.03. The van der Waals surface area contributed by atoms with E-state index in [4.69, 9.17) is 14.0 Å². The minimum atomic E-state index is -0.302. The van der Waals surface area contributed by atoms with Crippen LogP contribution in [0.15, 0.2) is 35.1 Å². The zero-order valence-corrected chi connectivity index (χ0v) is 13.4. The first kappa shape index (κ1) is 15.2. The van der Waals surface area contributed by atoms with E-state index in [-0.39, 0.29) is 12.5 Å². The van der Waals surface area contributed by atoms with E-state index >= 15 is 0 Å². The molecule has 9 heteroatoms. The summed E-state index contributed by atoms with van der Waals surface area (Å²) in [5.41, 5.74) is 1.15. The quantitative estimate of drug-likeness (QED) is 0.759. The highest BCUT2D eigenvalue weighted by atomic mass is 16.6. The van der Waals surface area contributed by atoms with Gasteiger partial charge in [-0.1, -0.05) is 11.2 Å². The second kappa shape index (κ2) is 6.27. The van der Waals surface area contributed by atoms with Crippen LogP contribution in [0.4, 0.5) is 0 Å². The Labute approximate surface area is 142 Å². The highest BCUT2D eigenvalue weighted by Crippen LogP contribution is 2.33. The zero-order chi connectivity index (χ0) is 17.2. The van der Waals surface area contributed by atoms with E-state index in [1.54, 1.807) is 42.3 Å². The van der Waals surface area contributed by atoms with Crippen molar-refractivity contribution < 1.29 is 18.8 Å². The number of amides is 1. The lowest BCUT2D eigenvalue weighted by molar-refractivity contribution is 0.0935. The van der Waals surface area contributed by atoms with Crippen LogP contribution < -0.4 is 14.8 Å². The van der Waals surface area contributed by atoms with Crippen LogP contribution in [0.25, 0.3) is 11.4 Å². The summed E-state index contributed by atoms with van der Waals surface area (Å²) in [7, 11) is 1.80. The SMILES string of the molecule is Cn1cc(-c2noc(CNC(=O)c3cccc4c3OCCO4)n2)cn1. The van der Waals surface area contributed by atoms with Crippen molar-refractivity contribution in [3.8, 4) is 22.9 Å². The van der Waals surface area contributed by atoms with Gasteiger partial charge in [0.05, 0.1) is 23.9 Å². The topological polar surface area (TPSA) is 104 Å². The number of para-hydroxylation sites is 1. The maximum absolute atomic E-state index is 12.4. The van der Waals surface area contributed by atoms with Crippen LogP contribution in [0, 0.1) is 0 Å². The van der Waals surface area contributed by atoms with Crippen molar-refractivity contribution in [2.45, 2.75) is 6.54 Å². The summed E-state index contributed by atoms with van der Waals surface area (Å²) in [6.45, 7) is 0.989. The number of hydrogen-bond acceptors (Lipinski definition) is 7. The molecule has 0 aliphatic carbocycles. The number of nitrogens with one attached hydrogen (secondary N) is 1. The summed E-state index contributed by atoms with van der Waals surface area (Å²) in [4.78, 5) is 16.7. The number of benzene rings is 1. The van der Waals surface area contributed by atoms with E-state index in [0.29, 0.717) is 42.0 Å². The van der Waals surface area contributed by atoms with E-state index in [0.717, 1.165) is 5.56 Å². The number of fused-ring (bicyclic) bond motifs is 1. The van der Waals surface area contributed by atoms with Gasteiger partial charge in [-0.25, -0.2) is 0 Å². The van der Waals surface area contributed by atoms with Gasteiger partial charge in [0.25, 0.3) is 5.91 Å². The fourth-order valence-electron chi connectivity index (χ4n) is 2.48. The van der Waals surface area contributed by atoms with Gasteiger partial charge in [0.15, 0.2) is 11.5 Å². The smallest absolute Gasteiger partial charge is 0.255 e. The number of aryl methyl sites for hydroxylation is 1. The van der Waals surface area contributed by atoms with Crippen LogP contribution in [0.3, 0.4) is 0 Å². The van der Waals surface area contributed by atoms with E-state index in [1.807, 2.05) is 0 Å². The van der Waals surface area contributed by atoms with Crippen molar-refractivity contribution in [2.75, 3.05) is 13.2 Å². The Morgan fingerprint density at radius 3 is 3.04 bits per heavy atom. The van der Waals surface area contributed by atoms with Crippen molar-refractivity contribution in [1.29, 1.82) is 0 Å². The van der Waals surface area contributed by atoms with Crippen molar-refractivity contribution in [3.05, 3.63) is 42.0 Å². The summed E-state index contributed by atoms with van der Waals surface area (Å²) in [5, 5.41) is 10.7. The standard InChI is InChI=1S/C16H15N5O4/c1-21-9-10(7-18-21)15-19-13(25-20-15)8-17-16(22)11-3-2-4-12-14(11)24-6-5-23-12/h2-4,7,9H,5-6,8H2,1H3,(H,17,22). The summed E-state index contributed by atoms with van der Waals surface area (Å²) in [5.74, 6) is 1.44. The molecule has 1 aromatic carbocycles. The van der Waals surface area contributed by atoms with Gasteiger partial charge in [-0.05, 0) is 12.1 Å². The largest absolute Gasteiger partial charge is 0.486 e. The number of hydrogen-bond donors (Lipinski definition) is 1. The molecule has 3 aromatic rings. The molecule has 4 rings (SSSR count). The maximum atomic E-state index is 12.4. The molecule has 0 radical (unpaired) electrons. The lowest BCUT2D eigenvalue weighted by atomic mass is 10.1. The van der Waals surface area contributed by atoms with Crippen LogP contribution in [-0.4, -0.2) is 39.0 Å². The van der Waals surface area contributed by atoms with E-state index in [9.17, 15) is 4.79 Å². The molecule has 1 aliphatic rings. The van der Waals surface area contributed by atoms with Gasteiger partial charge in [-0.2, -0.15) is 10.1 Å². The van der Waals surface area contributed by atoms with Gasteiger partial charge in [-0.15, -0.1) is 0 Å². The molecule has 3 heterocycles. The van der Waals surface area contributed by atoms with Crippen molar-refractivity contribution >= 4 is 5.91 Å². The Morgan fingerprint density at radius 2 is 2.20 bits per heavy atom. The van der Waals surface area contributed by atoms with Crippen LogP contribution in [0.2, 0.25) is 0 Å². The predicted molar refractivity (Wildman–Crippen MR) is 85.1 cm³/mol. The number of rotatable bonds is 4. The molecule has 9 nitrogen and oxygen atoms in total. The van der Waals surface area contributed by atoms with Crippen molar-refractivity contribution in [1.82, 2.24) is 25.2 Å². The number of carbonyl (C=O) groups excluding carboxylic acids is 1. The van der Waals surface area contributed by atoms with Crippen LogP contribution in [0.1, 0.15) is 16.2 Å². The first-order valence-corrected chi connectivity index (χ1v) is 7.69. The summed E-state index contributed by atoms with van der Waals surface area (Å²) < 4.78 is 17.8. The Hall–Kier alpha value is -3.36. The van der Waals surface area contributed by atoms with Gasteiger partial charge in [0.1, 0.15) is 13.2 Å². The highest BCUT2D eigenvalue weighted by molar-refractivity contribution is 5.97. The molecule has 2 aromatic heterocycles. The molecule has 0 spiro atoms. The fourth-order valence-corrected chi connectivity index (χ4v) is 2.48. The minimum absolute atomic E-state index is 0.108. The number of aromatic nitrogens is 4. The van der Waals surface area contributed by atoms with Crippen LogP contribution >= 0.6 is 0 Å². The van der Waals surface area contributed by atoms with Gasteiger partial charge in [0.2, 0.25) is 11.7 Å².